The van der Waals surface area contributed by atoms with E-state index in [1.807, 2.05) is 0 Å². The lowest BCUT2D eigenvalue weighted by atomic mass is 9.58. The second kappa shape index (κ2) is 4.73. The van der Waals surface area contributed by atoms with Gasteiger partial charge in [-0.05, 0) is 60.8 Å². The zero-order valence-corrected chi connectivity index (χ0v) is 10.6. The molecule has 90 valence electrons. The van der Waals surface area contributed by atoms with Crippen LogP contribution >= 0.6 is 0 Å². The van der Waals surface area contributed by atoms with E-state index in [9.17, 15) is 4.79 Å². The molecule has 2 rings (SSSR count). The van der Waals surface area contributed by atoms with Crippen LogP contribution < -0.4 is 0 Å². The summed E-state index contributed by atoms with van der Waals surface area (Å²) in [7, 11) is 0. The molecule has 0 radical (unpaired) electrons. The first kappa shape index (κ1) is 11.9. The fraction of sp³-hybridized carbons (Fsp3) is 0.800. The van der Waals surface area contributed by atoms with E-state index in [0.717, 1.165) is 35.5 Å². The van der Waals surface area contributed by atoms with Gasteiger partial charge in [0.05, 0.1) is 0 Å². The minimum Gasteiger partial charge on any atom is -0.298 e. The van der Waals surface area contributed by atoms with Gasteiger partial charge in [0.25, 0.3) is 0 Å². The van der Waals surface area contributed by atoms with Crippen molar-refractivity contribution in [1.82, 2.24) is 0 Å². The summed E-state index contributed by atoms with van der Waals surface area (Å²) < 4.78 is 0. The largest absolute Gasteiger partial charge is 0.298 e. The molecule has 0 heterocycles. The second-order valence-electron chi connectivity index (χ2n) is 6.10. The first-order valence-electron chi connectivity index (χ1n) is 6.77. The predicted octanol–water partition coefficient (Wildman–Crippen LogP) is 3.84. The molecule has 2 aliphatic carbocycles. The molecule has 1 heteroatoms. The van der Waals surface area contributed by atoms with Crippen LogP contribution in [0.2, 0.25) is 0 Å². The molecule has 5 unspecified atom stereocenters. The Labute approximate surface area is 99.3 Å². The van der Waals surface area contributed by atoms with E-state index >= 15 is 0 Å². The molecule has 1 nitrogen and oxygen atoms in total. The van der Waals surface area contributed by atoms with Gasteiger partial charge < -0.3 is 0 Å². The summed E-state index contributed by atoms with van der Waals surface area (Å²) in [4.78, 5) is 10.9. The van der Waals surface area contributed by atoms with Crippen molar-refractivity contribution in [2.24, 2.45) is 29.6 Å². The number of carbonyl (C=O) groups is 1. The molecule has 0 amide bonds. The number of fused-ring (bicyclic) bond motifs is 1. The number of hydrogen-bond acceptors (Lipinski definition) is 1. The summed E-state index contributed by atoms with van der Waals surface area (Å²) in [6.07, 6.45) is 7.53. The van der Waals surface area contributed by atoms with Crippen LogP contribution in [-0.4, -0.2) is 6.29 Å². The fourth-order valence-corrected chi connectivity index (χ4v) is 4.04. The van der Waals surface area contributed by atoms with Gasteiger partial charge in [-0.15, -0.1) is 0 Å². The van der Waals surface area contributed by atoms with Gasteiger partial charge in [0.1, 0.15) is 6.29 Å². The summed E-state index contributed by atoms with van der Waals surface area (Å²) in [5.41, 5.74) is 0.857. The Balaban J connectivity index is 2.15. The van der Waals surface area contributed by atoms with E-state index in [2.05, 4.69) is 20.4 Å². The summed E-state index contributed by atoms with van der Waals surface area (Å²) in [5, 5.41) is 0. The molecular formula is C15H24O. The smallest absolute Gasteiger partial charge is 0.145 e. The zero-order chi connectivity index (χ0) is 11.7. The first-order chi connectivity index (χ1) is 7.63. The molecule has 2 saturated carbocycles. The lowest BCUT2D eigenvalue weighted by Gasteiger charge is -2.46. The SMILES string of the molecule is C=C(C=O)C1CCC(C)C2CCC(C)CC12. The van der Waals surface area contributed by atoms with Crippen LogP contribution in [0.25, 0.3) is 0 Å². The molecule has 0 spiro atoms. The third-order valence-corrected chi connectivity index (χ3v) is 5.03. The maximum atomic E-state index is 10.9. The topological polar surface area (TPSA) is 17.1 Å². The first-order valence-corrected chi connectivity index (χ1v) is 6.77. The molecule has 0 aliphatic heterocycles. The summed E-state index contributed by atoms with van der Waals surface area (Å²) in [6, 6.07) is 0. The lowest BCUT2D eigenvalue weighted by Crippen LogP contribution is -2.38. The van der Waals surface area contributed by atoms with Gasteiger partial charge in [-0.3, -0.25) is 4.79 Å². The molecular weight excluding hydrogens is 196 g/mol. The molecule has 0 aromatic carbocycles. The van der Waals surface area contributed by atoms with Gasteiger partial charge in [-0.2, -0.15) is 0 Å². The minimum atomic E-state index is 0.487. The third kappa shape index (κ3) is 2.09. The molecule has 0 aromatic rings. The van der Waals surface area contributed by atoms with E-state index < -0.39 is 0 Å². The molecule has 5 atom stereocenters. The summed E-state index contributed by atoms with van der Waals surface area (Å²) in [6.45, 7) is 8.72. The van der Waals surface area contributed by atoms with E-state index in [1.54, 1.807) is 0 Å². The number of allylic oxidation sites excluding steroid dienone is 1. The van der Waals surface area contributed by atoms with Crippen LogP contribution in [0.1, 0.15) is 46.0 Å². The van der Waals surface area contributed by atoms with Gasteiger partial charge in [0.2, 0.25) is 0 Å². The highest BCUT2D eigenvalue weighted by atomic mass is 16.1. The van der Waals surface area contributed by atoms with Crippen LogP contribution in [0.15, 0.2) is 12.2 Å². The van der Waals surface area contributed by atoms with Gasteiger partial charge in [0, 0.05) is 0 Å². The third-order valence-electron chi connectivity index (χ3n) is 5.03. The highest BCUT2D eigenvalue weighted by Gasteiger charge is 2.41. The average Bonchev–Trinajstić information content (AvgIpc) is 2.28. The van der Waals surface area contributed by atoms with Crippen LogP contribution in [-0.2, 0) is 4.79 Å². The normalized spacial score (nSPS) is 43.5. The minimum absolute atomic E-state index is 0.487. The molecule has 16 heavy (non-hydrogen) atoms. The van der Waals surface area contributed by atoms with Gasteiger partial charge in [-0.25, -0.2) is 0 Å². The van der Waals surface area contributed by atoms with Gasteiger partial charge >= 0.3 is 0 Å². The number of aldehydes is 1. The number of carbonyl (C=O) groups excluding carboxylic acids is 1. The maximum Gasteiger partial charge on any atom is 0.145 e. The molecule has 0 bridgehead atoms. The quantitative estimate of drug-likeness (QED) is 0.510. The van der Waals surface area contributed by atoms with Crippen molar-refractivity contribution in [3.8, 4) is 0 Å². The Morgan fingerprint density at radius 2 is 1.88 bits per heavy atom. The van der Waals surface area contributed by atoms with E-state index in [4.69, 9.17) is 0 Å². The molecule has 2 aliphatic rings. The Kier molecular flexibility index (Phi) is 3.51. The van der Waals surface area contributed by atoms with Crippen molar-refractivity contribution < 1.29 is 4.79 Å². The monoisotopic (exact) mass is 220 g/mol. The van der Waals surface area contributed by atoms with Crippen molar-refractivity contribution in [2.45, 2.75) is 46.0 Å². The highest BCUT2D eigenvalue weighted by Crippen LogP contribution is 2.49. The Morgan fingerprint density at radius 3 is 2.56 bits per heavy atom. The molecule has 0 saturated heterocycles. The van der Waals surface area contributed by atoms with Gasteiger partial charge in [0.15, 0.2) is 0 Å². The van der Waals surface area contributed by atoms with Crippen LogP contribution in [0.4, 0.5) is 0 Å². The predicted molar refractivity (Wildman–Crippen MR) is 67.1 cm³/mol. The lowest BCUT2D eigenvalue weighted by molar-refractivity contribution is -0.106. The molecule has 0 aromatic heterocycles. The molecule has 2 fully saturated rings. The average molecular weight is 220 g/mol. The van der Waals surface area contributed by atoms with E-state index in [-0.39, 0.29) is 0 Å². The Morgan fingerprint density at radius 1 is 1.12 bits per heavy atom. The van der Waals surface area contributed by atoms with Crippen LogP contribution in [0, 0.1) is 29.6 Å². The highest BCUT2D eigenvalue weighted by molar-refractivity contribution is 5.73. The Hall–Kier alpha value is -0.590. The van der Waals surface area contributed by atoms with Crippen LogP contribution in [0.5, 0.6) is 0 Å². The summed E-state index contributed by atoms with van der Waals surface area (Å²) >= 11 is 0. The molecule has 0 N–H and O–H groups in total. The van der Waals surface area contributed by atoms with E-state index in [0.29, 0.717) is 5.92 Å². The van der Waals surface area contributed by atoms with Crippen molar-refractivity contribution in [2.75, 3.05) is 0 Å². The van der Waals surface area contributed by atoms with Crippen molar-refractivity contribution >= 4 is 6.29 Å². The maximum absolute atomic E-state index is 10.9. The number of rotatable bonds is 2. The zero-order valence-electron chi connectivity index (χ0n) is 10.6. The standard InChI is InChI=1S/C15H24O/c1-10-4-6-13-11(2)5-7-14(12(3)9-16)15(13)8-10/h9-11,13-15H,3-8H2,1-2H3. The second-order valence-corrected chi connectivity index (χ2v) is 6.10. The van der Waals surface area contributed by atoms with Crippen LogP contribution in [0.3, 0.4) is 0 Å². The fourth-order valence-electron chi connectivity index (χ4n) is 4.04. The summed E-state index contributed by atoms with van der Waals surface area (Å²) in [5.74, 6) is 3.78. The number of hydrogen-bond donors (Lipinski definition) is 0. The Bertz CT molecular complexity index is 281. The van der Waals surface area contributed by atoms with Crippen molar-refractivity contribution in [1.29, 1.82) is 0 Å². The van der Waals surface area contributed by atoms with Crippen molar-refractivity contribution in [3.63, 3.8) is 0 Å². The van der Waals surface area contributed by atoms with Crippen molar-refractivity contribution in [3.05, 3.63) is 12.2 Å². The van der Waals surface area contributed by atoms with E-state index in [1.165, 1.54) is 32.1 Å². The van der Waals surface area contributed by atoms with Gasteiger partial charge in [-0.1, -0.05) is 26.8 Å².